The van der Waals surface area contributed by atoms with Crippen LogP contribution < -0.4 is 4.74 Å². The molecule has 2 aromatic rings. The van der Waals surface area contributed by atoms with Gasteiger partial charge in [-0.25, -0.2) is 4.39 Å². The number of benzene rings is 2. The van der Waals surface area contributed by atoms with Crippen LogP contribution in [-0.4, -0.2) is 17.7 Å². The van der Waals surface area contributed by atoms with E-state index in [2.05, 4.69) is 13.8 Å². The molecule has 0 aromatic heterocycles. The lowest BCUT2D eigenvalue weighted by molar-refractivity contribution is -0.139. The van der Waals surface area contributed by atoms with Gasteiger partial charge < -0.3 is 9.84 Å². The van der Waals surface area contributed by atoms with Crippen molar-refractivity contribution in [2.24, 2.45) is 0 Å². The maximum absolute atomic E-state index is 13.8. The number of hydrogen-bond acceptors (Lipinski definition) is 2. The summed E-state index contributed by atoms with van der Waals surface area (Å²) in [6, 6.07) is 13.7. The average Bonchev–Trinajstić information content (AvgIpc) is 2.52. The van der Waals surface area contributed by atoms with Crippen LogP contribution in [0.4, 0.5) is 4.39 Å². The third-order valence-electron chi connectivity index (χ3n) is 3.78. The fourth-order valence-electron chi connectivity index (χ4n) is 2.43. The Morgan fingerprint density at radius 3 is 2.57 bits per heavy atom. The van der Waals surface area contributed by atoms with Gasteiger partial charge in [-0.2, -0.15) is 0 Å². The van der Waals surface area contributed by atoms with Crippen LogP contribution in [0.15, 0.2) is 48.5 Å². The van der Waals surface area contributed by atoms with Gasteiger partial charge in [0.25, 0.3) is 0 Å². The average molecular weight is 316 g/mol. The smallest absolute Gasteiger partial charge is 0.311 e. The van der Waals surface area contributed by atoms with Gasteiger partial charge >= 0.3 is 5.97 Å². The van der Waals surface area contributed by atoms with E-state index in [9.17, 15) is 14.3 Å². The fraction of sp³-hybridized carbons (Fsp3) is 0.316. The Bertz CT molecular complexity index is 667. The Morgan fingerprint density at radius 2 is 1.91 bits per heavy atom. The first-order valence-electron chi connectivity index (χ1n) is 7.69. The third kappa shape index (κ3) is 4.55. The highest BCUT2D eigenvalue weighted by Gasteiger charge is 2.22. The monoisotopic (exact) mass is 316 g/mol. The van der Waals surface area contributed by atoms with Crippen LogP contribution in [0.25, 0.3) is 0 Å². The molecule has 1 N–H and O–H groups in total. The highest BCUT2D eigenvalue weighted by Crippen LogP contribution is 2.24. The molecule has 0 aliphatic carbocycles. The maximum atomic E-state index is 13.8. The second-order valence-electron chi connectivity index (χ2n) is 5.78. The van der Waals surface area contributed by atoms with E-state index in [0.717, 1.165) is 5.56 Å². The summed E-state index contributed by atoms with van der Waals surface area (Å²) in [7, 11) is 0. The van der Waals surface area contributed by atoms with Gasteiger partial charge in [0.1, 0.15) is 11.6 Å². The molecule has 4 heteroatoms. The lowest BCUT2D eigenvalue weighted by Crippen LogP contribution is -2.16. The number of ether oxygens (including phenoxy) is 1. The summed E-state index contributed by atoms with van der Waals surface area (Å²) in [5.74, 6) is -1.36. The predicted molar refractivity (Wildman–Crippen MR) is 87.4 cm³/mol. The van der Waals surface area contributed by atoms with Crippen molar-refractivity contribution < 1.29 is 19.0 Å². The molecule has 0 saturated heterocycles. The van der Waals surface area contributed by atoms with Crippen LogP contribution in [-0.2, 0) is 4.79 Å². The lowest BCUT2D eigenvalue weighted by atomic mass is 9.96. The highest BCUT2D eigenvalue weighted by atomic mass is 19.1. The van der Waals surface area contributed by atoms with Gasteiger partial charge in [-0.1, -0.05) is 44.2 Å². The Labute approximate surface area is 135 Å². The van der Waals surface area contributed by atoms with Gasteiger partial charge in [0.05, 0.1) is 12.5 Å². The molecule has 0 fully saturated rings. The molecular weight excluding hydrogens is 295 g/mol. The van der Waals surface area contributed by atoms with Crippen molar-refractivity contribution in [2.45, 2.75) is 32.1 Å². The van der Waals surface area contributed by atoms with E-state index in [1.165, 1.54) is 12.1 Å². The molecule has 1 atom stereocenters. The largest absolute Gasteiger partial charge is 0.494 e. The first-order chi connectivity index (χ1) is 11.0. The first-order valence-corrected chi connectivity index (χ1v) is 7.69. The molecule has 0 aliphatic rings. The Kier molecular flexibility index (Phi) is 5.74. The van der Waals surface area contributed by atoms with E-state index < -0.39 is 17.7 Å². The standard InChI is InChI=1S/C19H21FO3/c1-13(2)14-6-5-7-15(12-14)23-11-10-17(19(21)22)16-8-3-4-9-18(16)20/h3-9,12-13,17H,10-11H2,1-2H3,(H,21,22). The molecule has 2 rings (SSSR count). The van der Waals surface area contributed by atoms with E-state index in [-0.39, 0.29) is 18.6 Å². The van der Waals surface area contributed by atoms with Crippen LogP contribution in [0.3, 0.4) is 0 Å². The summed E-state index contributed by atoms with van der Waals surface area (Å²) in [6.07, 6.45) is 0.210. The molecule has 0 amide bonds. The van der Waals surface area contributed by atoms with Crippen LogP contribution in [0.5, 0.6) is 5.75 Å². The van der Waals surface area contributed by atoms with Crippen molar-refractivity contribution in [3.05, 3.63) is 65.5 Å². The van der Waals surface area contributed by atoms with Crippen LogP contribution >= 0.6 is 0 Å². The first kappa shape index (κ1) is 17.0. The summed E-state index contributed by atoms with van der Waals surface area (Å²) in [4.78, 5) is 11.4. The maximum Gasteiger partial charge on any atom is 0.311 e. The third-order valence-corrected chi connectivity index (χ3v) is 3.78. The number of carboxylic acids is 1. The molecule has 0 spiro atoms. The SMILES string of the molecule is CC(C)c1cccc(OCCC(C(=O)O)c2ccccc2F)c1. The van der Waals surface area contributed by atoms with E-state index in [1.54, 1.807) is 12.1 Å². The summed E-state index contributed by atoms with van der Waals surface area (Å²) < 4.78 is 19.4. The van der Waals surface area contributed by atoms with Crippen LogP contribution in [0.1, 0.15) is 43.2 Å². The molecule has 3 nitrogen and oxygen atoms in total. The zero-order valence-electron chi connectivity index (χ0n) is 13.3. The van der Waals surface area contributed by atoms with Crippen molar-refractivity contribution in [2.75, 3.05) is 6.61 Å². The van der Waals surface area contributed by atoms with Gasteiger partial charge in [-0.05, 0) is 36.1 Å². The van der Waals surface area contributed by atoms with Crippen molar-refractivity contribution in [1.29, 1.82) is 0 Å². The molecule has 0 saturated carbocycles. The lowest BCUT2D eigenvalue weighted by Gasteiger charge is -2.15. The van der Waals surface area contributed by atoms with E-state index in [4.69, 9.17) is 4.74 Å². The second-order valence-corrected chi connectivity index (χ2v) is 5.78. The van der Waals surface area contributed by atoms with Gasteiger partial charge in [0, 0.05) is 5.56 Å². The minimum Gasteiger partial charge on any atom is -0.494 e. The van der Waals surface area contributed by atoms with Crippen LogP contribution in [0, 0.1) is 5.82 Å². The van der Waals surface area contributed by atoms with E-state index in [1.807, 2.05) is 24.3 Å². The zero-order valence-corrected chi connectivity index (χ0v) is 13.3. The van der Waals surface area contributed by atoms with Gasteiger partial charge in [-0.15, -0.1) is 0 Å². The minimum atomic E-state index is -1.05. The molecule has 0 heterocycles. The molecule has 0 radical (unpaired) electrons. The van der Waals surface area contributed by atoms with Gasteiger partial charge in [0.15, 0.2) is 0 Å². The second kappa shape index (κ2) is 7.77. The van der Waals surface area contributed by atoms with Crippen molar-refractivity contribution in [1.82, 2.24) is 0 Å². The molecule has 1 unspecified atom stereocenters. The summed E-state index contributed by atoms with van der Waals surface area (Å²) >= 11 is 0. The Balaban J connectivity index is 2.02. The molecule has 0 bridgehead atoms. The Hall–Kier alpha value is -2.36. The zero-order chi connectivity index (χ0) is 16.8. The van der Waals surface area contributed by atoms with E-state index >= 15 is 0 Å². The van der Waals surface area contributed by atoms with Crippen molar-refractivity contribution in [3.8, 4) is 5.75 Å². The fourth-order valence-corrected chi connectivity index (χ4v) is 2.43. The summed E-state index contributed by atoms with van der Waals surface area (Å²) in [6.45, 7) is 4.41. The molecule has 0 aliphatic heterocycles. The predicted octanol–water partition coefficient (Wildman–Crippen LogP) is 4.59. The number of halogens is 1. The molecular formula is C19H21FO3. The number of rotatable bonds is 7. The van der Waals surface area contributed by atoms with Gasteiger partial charge in [-0.3, -0.25) is 4.79 Å². The number of carboxylic acid groups (broad SMARTS) is 1. The summed E-state index contributed by atoms with van der Waals surface area (Å²) in [5.41, 5.74) is 1.35. The molecule has 23 heavy (non-hydrogen) atoms. The van der Waals surface area contributed by atoms with E-state index in [0.29, 0.717) is 11.7 Å². The van der Waals surface area contributed by atoms with Crippen molar-refractivity contribution in [3.63, 3.8) is 0 Å². The quantitative estimate of drug-likeness (QED) is 0.813. The Morgan fingerprint density at radius 1 is 1.17 bits per heavy atom. The molecule has 122 valence electrons. The number of carbonyl (C=O) groups is 1. The van der Waals surface area contributed by atoms with Crippen molar-refractivity contribution >= 4 is 5.97 Å². The highest BCUT2D eigenvalue weighted by molar-refractivity contribution is 5.76. The normalized spacial score (nSPS) is 12.2. The number of hydrogen-bond donors (Lipinski definition) is 1. The number of aliphatic carboxylic acids is 1. The minimum absolute atomic E-state index is 0.194. The van der Waals surface area contributed by atoms with Crippen LogP contribution in [0.2, 0.25) is 0 Å². The van der Waals surface area contributed by atoms with Gasteiger partial charge in [0.2, 0.25) is 0 Å². The summed E-state index contributed by atoms with van der Waals surface area (Å²) in [5, 5.41) is 9.34. The molecule has 2 aromatic carbocycles. The topological polar surface area (TPSA) is 46.5 Å².